The molecule has 3 saturated heterocycles. The lowest BCUT2D eigenvalue weighted by molar-refractivity contribution is -0.963. The average molecular weight is 292 g/mol. The maximum Gasteiger partial charge on any atom is 0.263 e. The van der Waals surface area contributed by atoms with Gasteiger partial charge in [-0.3, -0.25) is 4.79 Å². The van der Waals surface area contributed by atoms with E-state index in [-0.39, 0.29) is 23.2 Å². The zero-order valence-electron chi connectivity index (χ0n) is 13.3. The Morgan fingerprint density at radius 3 is 2.57 bits per heavy atom. The van der Waals surface area contributed by atoms with E-state index in [1.165, 1.54) is 0 Å². The lowest BCUT2D eigenvalue weighted by Gasteiger charge is -2.61. The van der Waals surface area contributed by atoms with E-state index < -0.39 is 5.79 Å². The van der Waals surface area contributed by atoms with Crippen molar-refractivity contribution in [3.05, 3.63) is 11.3 Å². The summed E-state index contributed by atoms with van der Waals surface area (Å²) in [5, 5.41) is 11.3. The van der Waals surface area contributed by atoms with Crippen molar-refractivity contribution in [1.29, 1.82) is 0 Å². The number of ketones is 1. The molecule has 1 aliphatic carbocycles. The molecule has 0 radical (unpaired) electrons. The third-order valence-electron chi connectivity index (χ3n) is 6.43. The molecule has 4 nitrogen and oxygen atoms in total. The molecule has 3 fully saturated rings. The summed E-state index contributed by atoms with van der Waals surface area (Å²) in [5.74, 6) is 0.210. The van der Waals surface area contributed by atoms with Gasteiger partial charge in [0.05, 0.1) is 20.1 Å². The first-order chi connectivity index (χ1) is 9.74. The number of carbonyl (C=O) groups excluding carboxylic acids is 1. The normalized spacial score (nSPS) is 47.7. The van der Waals surface area contributed by atoms with Gasteiger partial charge in [0.1, 0.15) is 5.76 Å². The fourth-order valence-electron chi connectivity index (χ4n) is 5.14. The van der Waals surface area contributed by atoms with Crippen molar-refractivity contribution in [3.8, 4) is 0 Å². The zero-order chi connectivity index (χ0) is 15.0. The Labute approximate surface area is 126 Å². The van der Waals surface area contributed by atoms with E-state index in [4.69, 9.17) is 4.74 Å². The van der Waals surface area contributed by atoms with E-state index in [1.807, 2.05) is 0 Å². The summed E-state index contributed by atoms with van der Waals surface area (Å²) in [6.07, 6.45) is 4.15. The van der Waals surface area contributed by atoms with Crippen molar-refractivity contribution in [2.24, 2.45) is 11.3 Å². The van der Waals surface area contributed by atoms with Crippen LogP contribution < -0.4 is 0 Å². The molecule has 1 unspecified atom stereocenters. The number of rotatable bonds is 0. The Bertz CT molecular complexity index is 542. The van der Waals surface area contributed by atoms with E-state index in [0.717, 1.165) is 48.2 Å². The lowest BCUT2D eigenvalue weighted by atomic mass is 9.68. The van der Waals surface area contributed by atoms with Gasteiger partial charge >= 0.3 is 0 Å². The van der Waals surface area contributed by atoms with E-state index in [0.29, 0.717) is 12.8 Å². The number of allylic oxidation sites excluding steroid dienone is 1. The fourth-order valence-corrected chi connectivity index (χ4v) is 5.14. The summed E-state index contributed by atoms with van der Waals surface area (Å²) >= 11 is 0. The highest BCUT2D eigenvalue weighted by Crippen LogP contribution is 2.53. The van der Waals surface area contributed by atoms with Crippen molar-refractivity contribution in [1.82, 2.24) is 0 Å². The Hall–Kier alpha value is -0.870. The lowest BCUT2D eigenvalue weighted by Crippen LogP contribution is -2.75. The molecule has 21 heavy (non-hydrogen) atoms. The van der Waals surface area contributed by atoms with Crippen LogP contribution in [-0.4, -0.2) is 47.3 Å². The highest BCUT2D eigenvalue weighted by Gasteiger charge is 2.65. The van der Waals surface area contributed by atoms with Gasteiger partial charge in [-0.05, 0) is 5.41 Å². The minimum atomic E-state index is -1.04. The van der Waals surface area contributed by atoms with Crippen molar-refractivity contribution in [2.75, 3.05) is 20.1 Å². The predicted molar refractivity (Wildman–Crippen MR) is 78.1 cm³/mol. The number of aliphatic hydroxyl groups is 1. The minimum Gasteiger partial charge on any atom is -0.460 e. The zero-order valence-corrected chi connectivity index (χ0v) is 13.3. The Morgan fingerprint density at radius 2 is 1.90 bits per heavy atom. The molecule has 0 aromatic heterocycles. The van der Waals surface area contributed by atoms with Gasteiger partial charge in [0.15, 0.2) is 11.8 Å². The van der Waals surface area contributed by atoms with Gasteiger partial charge in [-0.1, -0.05) is 13.8 Å². The van der Waals surface area contributed by atoms with Crippen LogP contribution in [0.1, 0.15) is 46.0 Å². The molecule has 2 atom stereocenters. The molecule has 0 aromatic rings. The number of quaternary nitrogens is 1. The number of Topliss-reactive ketones (excluding diaryl/α,β-unsaturated/α-hetero) is 1. The largest absolute Gasteiger partial charge is 0.460 e. The quantitative estimate of drug-likeness (QED) is 0.694. The van der Waals surface area contributed by atoms with Gasteiger partial charge in [-0.15, -0.1) is 0 Å². The molecule has 0 saturated carbocycles. The van der Waals surface area contributed by atoms with Gasteiger partial charge in [0, 0.05) is 43.6 Å². The number of fused-ring (bicyclic) bond motifs is 2. The number of carbonyl (C=O) groups is 1. The molecular weight excluding hydrogens is 266 g/mol. The third-order valence-corrected chi connectivity index (χ3v) is 6.43. The van der Waals surface area contributed by atoms with Gasteiger partial charge in [0.2, 0.25) is 0 Å². The van der Waals surface area contributed by atoms with Crippen molar-refractivity contribution >= 4 is 5.78 Å². The van der Waals surface area contributed by atoms with Crippen LogP contribution in [0.15, 0.2) is 11.3 Å². The standard InChI is InChI=1S/C17H26NO3/c1-16(2)9-13(19)12-8-15-17(20,21-14(12)10-16)11-4-6-18(15,3)7-5-11/h11,15,20H,4-10H2,1-3H3/q+1/t11?,15-,17?,18?/m1/s1. The summed E-state index contributed by atoms with van der Waals surface area (Å²) in [7, 11) is 2.22. The number of piperidine rings is 3. The van der Waals surface area contributed by atoms with Gasteiger partial charge in [-0.2, -0.15) is 0 Å². The molecular formula is C17H26NO3+. The molecule has 4 aliphatic heterocycles. The molecule has 2 bridgehead atoms. The molecule has 0 aromatic carbocycles. The monoisotopic (exact) mass is 292 g/mol. The predicted octanol–water partition coefficient (Wildman–Crippen LogP) is 1.98. The van der Waals surface area contributed by atoms with E-state index in [1.54, 1.807) is 0 Å². The maximum absolute atomic E-state index is 12.5. The SMILES string of the molecule is CC1(C)CC(=O)C2=C(C1)OC1(O)C3CC[N+](C)(CC3)[C@@H]1C2. The molecule has 4 heteroatoms. The van der Waals surface area contributed by atoms with Crippen LogP contribution in [-0.2, 0) is 9.53 Å². The van der Waals surface area contributed by atoms with Crippen molar-refractivity contribution < 1.29 is 19.1 Å². The van der Waals surface area contributed by atoms with Crippen LogP contribution >= 0.6 is 0 Å². The maximum atomic E-state index is 12.5. The second kappa shape index (κ2) is 3.90. The van der Waals surface area contributed by atoms with Gasteiger partial charge in [-0.25, -0.2) is 0 Å². The first kappa shape index (κ1) is 13.8. The molecule has 0 amide bonds. The van der Waals surface area contributed by atoms with Crippen LogP contribution in [0.3, 0.4) is 0 Å². The van der Waals surface area contributed by atoms with Gasteiger partial charge in [0.25, 0.3) is 5.79 Å². The van der Waals surface area contributed by atoms with Crippen molar-refractivity contribution in [2.45, 2.75) is 57.8 Å². The van der Waals surface area contributed by atoms with Crippen molar-refractivity contribution in [3.63, 3.8) is 0 Å². The first-order valence-corrected chi connectivity index (χ1v) is 8.24. The summed E-state index contributed by atoms with van der Waals surface area (Å²) < 4.78 is 7.05. The molecule has 5 rings (SSSR count). The Kier molecular flexibility index (Phi) is 2.56. The fraction of sp³-hybridized carbons (Fsp3) is 0.824. The summed E-state index contributed by atoms with van der Waals surface area (Å²) in [6, 6.07) is 0.0360. The Morgan fingerprint density at radius 1 is 1.24 bits per heavy atom. The molecule has 116 valence electrons. The number of hydrogen-bond donors (Lipinski definition) is 1. The van der Waals surface area contributed by atoms with E-state index in [9.17, 15) is 9.90 Å². The highest BCUT2D eigenvalue weighted by atomic mass is 16.6. The molecule has 5 aliphatic rings. The van der Waals surface area contributed by atoms with Crippen LogP contribution in [0.4, 0.5) is 0 Å². The first-order valence-electron chi connectivity index (χ1n) is 8.24. The smallest absolute Gasteiger partial charge is 0.263 e. The van der Waals surface area contributed by atoms with E-state index in [2.05, 4.69) is 20.9 Å². The summed E-state index contributed by atoms with van der Waals surface area (Å²) in [5.41, 5.74) is 0.821. The third kappa shape index (κ3) is 1.78. The second-order valence-electron chi connectivity index (χ2n) is 8.62. The molecule has 0 spiro atoms. The molecule has 1 N–H and O–H groups in total. The summed E-state index contributed by atoms with van der Waals surface area (Å²) in [6.45, 7) is 6.42. The number of hydrogen-bond acceptors (Lipinski definition) is 3. The Balaban J connectivity index is 1.77. The van der Waals surface area contributed by atoms with Crippen LogP contribution in [0.5, 0.6) is 0 Å². The van der Waals surface area contributed by atoms with Crippen LogP contribution in [0, 0.1) is 11.3 Å². The van der Waals surface area contributed by atoms with Crippen LogP contribution in [0.25, 0.3) is 0 Å². The number of ether oxygens (including phenoxy) is 1. The average Bonchev–Trinajstić information content (AvgIpc) is 2.35. The number of likely N-dealkylation sites (N-methyl/N-ethyl adjacent to an activating group) is 1. The van der Waals surface area contributed by atoms with Crippen LogP contribution in [0.2, 0.25) is 0 Å². The summed E-state index contributed by atoms with van der Waals surface area (Å²) in [4.78, 5) is 12.5. The molecule has 4 heterocycles. The minimum absolute atomic E-state index is 0.0360. The highest BCUT2D eigenvalue weighted by molar-refractivity contribution is 5.97. The number of nitrogens with zero attached hydrogens (tertiary/aromatic N) is 1. The topological polar surface area (TPSA) is 46.5 Å². The van der Waals surface area contributed by atoms with E-state index >= 15 is 0 Å². The second-order valence-corrected chi connectivity index (χ2v) is 8.62. The van der Waals surface area contributed by atoms with Gasteiger partial charge < -0.3 is 14.3 Å².